The van der Waals surface area contributed by atoms with Gasteiger partial charge in [0.25, 0.3) is 0 Å². The van der Waals surface area contributed by atoms with Crippen LogP contribution in [-0.2, 0) is 13.0 Å². The van der Waals surface area contributed by atoms with Gasteiger partial charge in [0.15, 0.2) is 0 Å². The van der Waals surface area contributed by atoms with Crippen molar-refractivity contribution in [2.75, 3.05) is 6.54 Å². The lowest BCUT2D eigenvalue weighted by atomic mass is 9.99. The molecule has 0 radical (unpaired) electrons. The van der Waals surface area contributed by atoms with E-state index in [9.17, 15) is 0 Å². The number of nitrogens with two attached hydrogens (primary N) is 1. The van der Waals surface area contributed by atoms with Crippen molar-refractivity contribution in [3.05, 3.63) is 52.8 Å². The summed E-state index contributed by atoms with van der Waals surface area (Å²) in [5.41, 5.74) is 10.9. The van der Waals surface area contributed by atoms with Crippen LogP contribution in [0.1, 0.15) is 41.8 Å². The Labute approximate surface area is 121 Å². The monoisotopic (exact) mass is 271 g/mol. The van der Waals surface area contributed by atoms with E-state index in [2.05, 4.69) is 60.9 Å². The quantitative estimate of drug-likeness (QED) is 0.877. The second-order valence-electron chi connectivity index (χ2n) is 5.53. The molecule has 1 aromatic heterocycles. The first-order chi connectivity index (χ1) is 9.63. The molecule has 2 N–H and O–H groups in total. The summed E-state index contributed by atoms with van der Waals surface area (Å²) in [6.07, 6.45) is 2.21. The van der Waals surface area contributed by atoms with Crippen LogP contribution in [0.3, 0.4) is 0 Å². The number of aromatic nitrogens is 2. The van der Waals surface area contributed by atoms with Gasteiger partial charge in [0.1, 0.15) is 0 Å². The molecule has 0 aliphatic carbocycles. The Morgan fingerprint density at radius 1 is 1.20 bits per heavy atom. The molecular formula is C17H25N3. The summed E-state index contributed by atoms with van der Waals surface area (Å²) in [5.74, 6) is 0.387. The molecule has 20 heavy (non-hydrogen) atoms. The van der Waals surface area contributed by atoms with Gasteiger partial charge < -0.3 is 5.73 Å². The third kappa shape index (κ3) is 3.28. The summed E-state index contributed by atoms with van der Waals surface area (Å²) in [6, 6.07) is 10.6. The Morgan fingerprint density at radius 2 is 1.90 bits per heavy atom. The molecule has 0 aliphatic rings. The van der Waals surface area contributed by atoms with Gasteiger partial charge >= 0.3 is 0 Å². The fourth-order valence-corrected chi connectivity index (χ4v) is 2.84. The number of rotatable bonds is 6. The molecule has 1 atom stereocenters. The van der Waals surface area contributed by atoms with Gasteiger partial charge in [0.05, 0.1) is 5.69 Å². The lowest BCUT2D eigenvalue weighted by Gasteiger charge is -2.10. The van der Waals surface area contributed by atoms with E-state index in [1.807, 2.05) is 0 Å². The van der Waals surface area contributed by atoms with Crippen molar-refractivity contribution in [3.63, 3.8) is 0 Å². The number of hydrogen-bond donors (Lipinski definition) is 1. The van der Waals surface area contributed by atoms with E-state index in [1.165, 1.54) is 16.8 Å². The highest BCUT2D eigenvalue weighted by atomic mass is 15.3. The van der Waals surface area contributed by atoms with E-state index < -0.39 is 0 Å². The van der Waals surface area contributed by atoms with Gasteiger partial charge in [-0.05, 0) is 50.3 Å². The first kappa shape index (κ1) is 14.8. The molecule has 2 rings (SSSR count). The Hall–Kier alpha value is -1.61. The molecule has 0 saturated carbocycles. The smallest absolute Gasteiger partial charge is 0.0631 e. The van der Waals surface area contributed by atoms with E-state index >= 15 is 0 Å². The largest absolute Gasteiger partial charge is 0.330 e. The summed E-state index contributed by atoms with van der Waals surface area (Å²) in [6.45, 7) is 8.06. The van der Waals surface area contributed by atoms with Crippen LogP contribution in [0.25, 0.3) is 0 Å². The van der Waals surface area contributed by atoms with Gasteiger partial charge in [-0.1, -0.05) is 37.3 Å². The van der Waals surface area contributed by atoms with Crippen LogP contribution in [0, 0.1) is 13.8 Å². The second kappa shape index (κ2) is 6.71. The Kier molecular flexibility index (Phi) is 4.96. The lowest BCUT2D eigenvalue weighted by molar-refractivity contribution is 0.560. The van der Waals surface area contributed by atoms with E-state index in [1.54, 1.807) is 0 Å². The zero-order valence-corrected chi connectivity index (χ0v) is 12.8. The first-order valence-corrected chi connectivity index (χ1v) is 7.41. The predicted molar refractivity (Wildman–Crippen MR) is 83.9 cm³/mol. The van der Waals surface area contributed by atoms with E-state index in [0.29, 0.717) is 12.5 Å². The molecule has 3 nitrogen and oxygen atoms in total. The van der Waals surface area contributed by atoms with Crippen molar-refractivity contribution in [1.29, 1.82) is 0 Å². The summed E-state index contributed by atoms with van der Waals surface area (Å²) in [4.78, 5) is 0. The first-order valence-electron chi connectivity index (χ1n) is 7.41. The minimum absolute atomic E-state index is 0.387. The van der Waals surface area contributed by atoms with E-state index in [0.717, 1.165) is 25.1 Å². The molecule has 1 aromatic carbocycles. The van der Waals surface area contributed by atoms with Gasteiger partial charge in [-0.25, -0.2) is 0 Å². The summed E-state index contributed by atoms with van der Waals surface area (Å²) in [7, 11) is 0. The van der Waals surface area contributed by atoms with Crippen LogP contribution >= 0.6 is 0 Å². The zero-order chi connectivity index (χ0) is 14.5. The molecule has 1 heterocycles. The maximum Gasteiger partial charge on any atom is 0.0631 e. The topological polar surface area (TPSA) is 43.8 Å². The summed E-state index contributed by atoms with van der Waals surface area (Å²) in [5, 5.41) is 4.67. The van der Waals surface area contributed by atoms with Crippen LogP contribution < -0.4 is 5.73 Å². The number of hydrogen-bond acceptors (Lipinski definition) is 2. The molecule has 3 heteroatoms. The second-order valence-corrected chi connectivity index (χ2v) is 5.53. The molecule has 0 amide bonds. The Bertz CT molecular complexity index is 543. The van der Waals surface area contributed by atoms with E-state index in [-0.39, 0.29) is 0 Å². The van der Waals surface area contributed by atoms with Crippen molar-refractivity contribution >= 4 is 0 Å². The number of aryl methyl sites for hydroxylation is 3. The third-order valence-electron chi connectivity index (χ3n) is 3.96. The molecule has 0 aliphatic heterocycles. The van der Waals surface area contributed by atoms with Gasteiger partial charge in [0.2, 0.25) is 0 Å². The highest BCUT2D eigenvalue weighted by molar-refractivity contribution is 5.28. The molecule has 0 spiro atoms. The predicted octanol–water partition coefficient (Wildman–Crippen LogP) is 3.19. The van der Waals surface area contributed by atoms with Crippen molar-refractivity contribution < 1.29 is 0 Å². The minimum Gasteiger partial charge on any atom is -0.330 e. The van der Waals surface area contributed by atoms with E-state index in [4.69, 9.17) is 5.73 Å². The van der Waals surface area contributed by atoms with Crippen LogP contribution in [-0.4, -0.2) is 16.3 Å². The Balaban J connectivity index is 2.00. The van der Waals surface area contributed by atoms with Crippen molar-refractivity contribution in [1.82, 2.24) is 9.78 Å². The normalized spacial score (nSPS) is 12.6. The highest BCUT2D eigenvalue weighted by Crippen LogP contribution is 2.22. The molecular weight excluding hydrogens is 246 g/mol. The molecule has 108 valence electrons. The fraction of sp³-hybridized carbons (Fsp3) is 0.471. The molecule has 0 fully saturated rings. The molecule has 2 aromatic rings. The minimum atomic E-state index is 0.387. The van der Waals surface area contributed by atoms with Gasteiger partial charge in [0, 0.05) is 12.2 Å². The maximum atomic E-state index is 5.79. The zero-order valence-electron chi connectivity index (χ0n) is 12.8. The van der Waals surface area contributed by atoms with Crippen LogP contribution in [0.5, 0.6) is 0 Å². The summed E-state index contributed by atoms with van der Waals surface area (Å²) >= 11 is 0. The lowest BCUT2D eigenvalue weighted by Crippen LogP contribution is -2.11. The maximum absolute atomic E-state index is 5.79. The van der Waals surface area contributed by atoms with Crippen molar-refractivity contribution in [2.24, 2.45) is 5.73 Å². The van der Waals surface area contributed by atoms with Crippen LogP contribution in [0.15, 0.2) is 30.3 Å². The van der Waals surface area contributed by atoms with Gasteiger partial charge in [-0.3, -0.25) is 4.68 Å². The van der Waals surface area contributed by atoms with Crippen LogP contribution in [0.2, 0.25) is 0 Å². The van der Waals surface area contributed by atoms with Gasteiger partial charge in [-0.2, -0.15) is 5.10 Å². The SMILES string of the molecule is Cc1nn(CCCc2ccccc2)c(C)c1C(C)CN. The molecule has 1 unspecified atom stereocenters. The number of nitrogens with zero attached hydrogens (tertiary/aromatic N) is 2. The van der Waals surface area contributed by atoms with Crippen LogP contribution in [0.4, 0.5) is 0 Å². The fourth-order valence-electron chi connectivity index (χ4n) is 2.84. The average molecular weight is 271 g/mol. The van der Waals surface area contributed by atoms with Crippen molar-refractivity contribution in [2.45, 2.75) is 46.1 Å². The molecule has 0 saturated heterocycles. The molecule has 0 bridgehead atoms. The highest BCUT2D eigenvalue weighted by Gasteiger charge is 2.16. The van der Waals surface area contributed by atoms with Gasteiger partial charge in [-0.15, -0.1) is 0 Å². The average Bonchev–Trinajstić information content (AvgIpc) is 2.74. The van der Waals surface area contributed by atoms with Crippen molar-refractivity contribution in [3.8, 4) is 0 Å². The number of benzene rings is 1. The summed E-state index contributed by atoms with van der Waals surface area (Å²) < 4.78 is 2.14. The standard InChI is InChI=1S/C17H25N3/c1-13(12-18)17-14(2)19-20(15(17)3)11-7-10-16-8-5-4-6-9-16/h4-6,8-9,13H,7,10-12,18H2,1-3H3. The Morgan fingerprint density at radius 3 is 2.55 bits per heavy atom. The third-order valence-corrected chi connectivity index (χ3v) is 3.96.